The van der Waals surface area contributed by atoms with Crippen molar-refractivity contribution >= 4 is 11.4 Å². The fraction of sp³-hybridized carbons (Fsp3) is 0.167. The van der Waals surface area contributed by atoms with Gasteiger partial charge in [0.05, 0.1) is 34.2 Å². The number of anilines is 2. The minimum atomic E-state index is 0.0588. The van der Waals surface area contributed by atoms with Crippen LogP contribution in [0.25, 0.3) is 67.3 Å². The van der Waals surface area contributed by atoms with Crippen molar-refractivity contribution in [1.29, 1.82) is 0 Å². The van der Waals surface area contributed by atoms with Crippen molar-refractivity contribution in [1.82, 2.24) is 9.97 Å². The molecule has 0 fully saturated rings. The first-order valence-corrected chi connectivity index (χ1v) is 17.9. The molecule has 0 amide bonds. The van der Waals surface area contributed by atoms with Gasteiger partial charge in [-0.25, -0.2) is 9.97 Å². The minimum absolute atomic E-state index is 0.0588. The molecular formula is C48H46N4. The summed E-state index contributed by atoms with van der Waals surface area (Å²) in [5.41, 5.74) is 29.0. The number of nitrogens with two attached hydrogens (primary N) is 2. The summed E-state index contributed by atoms with van der Waals surface area (Å²) in [4.78, 5) is 10.3. The molecule has 0 bridgehead atoms. The summed E-state index contributed by atoms with van der Waals surface area (Å²) < 4.78 is 0. The van der Waals surface area contributed by atoms with Gasteiger partial charge in [0, 0.05) is 33.4 Å². The highest BCUT2D eigenvalue weighted by molar-refractivity contribution is 5.91. The van der Waals surface area contributed by atoms with Crippen LogP contribution in [-0.2, 0) is 10.8 Å². The van der Waals surface area contributed by atoms with Crippen molar-refractivity contribution in [2.24, 2.45) is 0 Å². The maximum atomic E-state index is 6.90. The highest BCUT2D eigenvalue weighted by Gasteiger charge is 2.19. The third-order valence-electron chi connectivity index (χ3n) is 9.81. The molecule has 2 aromatic heterocycles. The molecule has 0 saturated carbocycles. The molecule has 4 N–H and O–H groups in total. The number of hydrogen-bond acceptors (Lipinski definition) is 4. The average molecular weight is 679 g/mol. The smallest absolute Gasteiger partial charge is 0.0945 e. The van der Waals surface area contributed by atoms with E-state index in [-0.39, 0.29) is 10.8 Å². The summed E-state index contributed by atoms with van der Waals surface area (Å²) in [5, 5.41) is 0. The number of nitrogens with zero attached hydrogens (tertiary/aromatic N) is 2. The Hall–Kier alpha value is -6.00. The fourth-order valence-electron chi connectivity index (χ4n) is 6.63. The predicted octanol–water partition coefficient (Wildman–Crippen LogP) is 12.2. The molecule has 0 spiro atoms. The van der Waals surface area contributed by atoms with Crippen LogP contribution in [0.4, 0.5) is 11.4 Å². The van der Waals surface area contributed by atoms with Crippen LogP contribution in [0.3, 0.4) is 0 Å². The van der Waals surface area contributed by atoms with E-state index >= 15 is 0 Å². The van der Waals surface area contributed by atoms with Gasteiger partial charge in [-0.15, -0.1) is 0 Å². The largest absolute Gasteiger partial charge is 0.396 e. The molecule has 0 aliphatic heterocycles. The van der Waals surface area contributed by atoms with Gasteiger partial charge >= 0.3 is 0 Å². The minimum Gasteiger partial charge on any atom is -0.396 e. The van der Waals surface area contributed by atoms with Crippen LogP contribution < -0.4 is 11.5 Å². The van der Waals surface area contributed by atoms with Crippen molar-refractivity contribution in [3.05, 3.63) is 157 Å². The van der Waals surface area contributed by atoms with Gasteiger partial charge in [0.2, 0.25) is 0 Å². The molecule has 0 saturated heterocycles. The van der Waals surface area contributed by atoms with E-state index < -0.39 is 0 Å². The molecule has 0 radical (unpaired) electrons. The fourth-order valence-corrected chi connectivity index (χ4v) is 6.63. The van der Waals surface area contributed by atoms with Gasteiger partial charge in [-0.1, -0.05) is 175 Å². The summed E-state index contributed by atoms with van der Waals surface area (Å²) in [7, 11) is 0. The van der Waals surface area contributed by atoms with Gasteiger partial charge in [0.15, 0.2) is 0 Å². The van der Waals surface area contributed by atoms with E-state index in [0.29, 0.717) is 11.4 Å². The number of pyridine rings is 2. The van der Waals surface area contributed by atoms with E-state index in [1.165, 1.54) is 11.1 Å². The van der Waals surface area contributed by atoms with Gasteiger partial charge in [-0.05, 0) is 45.2 Å². The third kappa shape index (κ3) is 6.97. The molecule has 7 rings (SSSR count). The quantitative estimate of drug-likeness (QED) is 0.183. The molecule has 0 aliphatic rings. The highest BCUT2D eigenvalue weighted by Crippen LogP contribution is 2.40. The van der Waals surface area contributed by atoms with Crippen LogP contribution in [0.1, 0.15) is 52.7 Å². The Labute approximate surface area is 308 Å². The lowest BCUT2D eigenvalue weighted by Gasteiger charge is -2.20. The molecule has 2 heterocycles. The zero-order valence-corrected chi connectivity index (χ0v) is 30.9. The zero-order chi connectivity index (χ0) is 36.6. The lowest BCUT2D eigenvalue weighted by atomic mass is 9.86. The molecule has 258 valence electrons. The van der Waals surface area contributed by atoms with Crippen molar-refractivity contribution in [2.75, 3.05) is 11.5 Å². The Morgan fingerprint density at radius 1 is 0.365 bits per heavy atom. The monoisotopic (exact) mass is 678 g/mol. The number of rotatable bonds is 6. The van der Waals surface area contributed by atoms with Gasteiger partial charge in [-0.2, -0.15) is 0 Å². The van der Waals surface area contributed by atoms with E-state index in [1.54, 1.807) is 0 Å². The molecule has 4 heteroatoms. The SMILES string of the molecule is CC(C)(C)c1ccc(-c2cc(-c3ccc(-c4cc(-c5ccc(C(C)(C)C)cc5)c(N)c(-c5ccccc5)n4)cc3)nc(-c3ccccc3)c2N)cc1. The lowest BCUT2D eigenvalue weighted by Crippen LogP contribution is -2.10. The third-order valence-corrected chi connectivity index (χ3v) is 9.81. The first-order chi connectivity index (χ1) is 24.9. The van der Waals surface area contributed by atoms with E-state index in [9.17, 15) is 0 Å². The van der Waals surface area contributed by atoms with Crippen LogP contribution in [0.15, 0.2) is 146 Å². The van der Waals surface area contributed by atoms with Gasteiger partial charge < -0.3 is 11.5 Å². The first kappa shape index (κ1) is 34.4. The normalized spacial score (nSPS) is 11.8. The number of aromatic nitrogens is 2. The summed E-state index contributed by atoms with van der Waals surface area (Å²) in [6, 6.07) is 50.5. The molecule has 0 atom stereocenters. The van der Waals surface area contributed by atoms with Gasteiger partial charge in [-0.3, -0.25) is 0 Å². The molecule has 0 unspecified atom stereocenters. The molecule has 5 aromatic carbocycles. The summed E-state index contributed by atoms with van der Waals surface area (Å²) >= 11 is 0. The molecular weight excluding hydrogens is 633 g/mol. The van der Waals surface area contributed by atoms with Crippen LogP contribution in [-0.4, -0.2) is 9.97 Å². The maximum absolute atomic E-state index is 6.90. The Morgan fingerprint density at radius 3 is 0.981 bits per heavy atom. The van der Waals surface area contributed by atoms with Crippen LogP contribution >= 0.6 is 0 Å². The predicted molar refractivity (Wildman–Crippen MR) is 221 cm³/mol. The van der Waals surface area contributed by atoms with Crippen molar-refractivity contribution in [3.8, 4) is 67.3 Å². The summed E-state index contributed by atoms with van der Waals surface area (Å²) in [6.45, 7) is 13.4. The van der Waals surface area contributed by atoms with Crippen LogP contribution in [0, 0.1) is 0 Å². The lowest BCUT2D eigenvalue weighted by molar-refractivity contribution is 0.590. The number of nitrogen functional groups attached to an aromatic ring is 2. The second-order valence-corrected chi connectivity index (χ2v) is 15.6. The van der Waals surface area contributed by atoms with E-state index in [2.05, 4.69) is 151 Å². The van der Waals surface area contributed by atoms with E-state index in [4.69, 9.17) is 21.4 Å². The van der Waals surface area contributed by atoms with Gasteiger partial charge in [0.25, 0.3) is 0 Å². The second-order valence-electron chi connectivity index (χ2n) is 15.6. The van der Waals surface area contributed by atoms with Crippen molar-refractivity contribution in [3.63, 3.8) is 0 Å². The Morgan fingerprint density at radius 2 is 0.673 bits per heavy atom. The Kier molecular flexibility index (Phi) is 9.02. The topological polar surface area (TPSA) is 77.8 Å². The standard InChI is InChI=1S/C48H46N4/c1-47(2,3)37-25-21-31(22-26-37)39-29-41(51-45(43(39)49)35-13-9-7-10-14-35)33-17-19-34(20-18-33)42-30-40(32-23-27-38(28-24-32)48(4,5)6)44(50)46(52-42)36-15-11-8-12-16-36/h7-30H,49-50H2,1-6H3. The van der Waals surface area contributed by atoms with Gasteiger partial charge in [0.1, 0.15) is 0 Å². The van der Waals surface area contributed by atoms with Crippen LogP contribution in [0.5, 0.6) is 0 Å². The zero-order valence-electron chi connectivity index (χ0n) is 30.9. The second kappa shape index (κ2) is 13.6. The number of hydrogen-bond donors (Lipinski definition) is 2. The highest BCUT2D eigenvalue weighted by atomic mass is 14.8. The summed E-state index contributed by atoms with van der Waals surface area (Å²) in [6.07, 6.45) is 0. The maximum Gasteiger partial charge on any atom is 0.0945 e. The molecule has 7 aromatic rings. The number of benzene rings is 5. The van der Waals surface area contributed by atoms with E-state index in [0.717, 1.165) is 67.3 Å². The first-order valence-electron chi connectivity index (χ1n) is 17.9. The Balaban J connectivity index is 1.32. The molecule has 0 aliphatic carbocycles. The summed E-state index contributed by atoms with van der Waals surface area (Å²) in [5.74, 6) is 0. The average Bonchev–Trinajstić information content (AvgIpc) is 3.15. The molecule has 4 nitrogen and oxygen atoms in total. The van der Waals surface area contributed by atoms with Crippen molar-refractivity contribution in [2.45, 2.75) is 52.4 Å². The van der Waals surface area contributed by atoms with E-state index in [1.807, 2.05) is 36.4 Å². The van der Waals surface area contributed by atoms with Crippen molar-refractivity contribution < 1.29 is 0 Å². The Bertz CT molecular complexity index is 2160. The van der Waals surface area contributed by atoms with Crippen LogP contribution in [0.2, 0.25) is 0 Å². The molecule has 52 heavy (non-hydrogen) atoms.